The van der Waals surface area contributed by atoms with E-state index in [0.717, 1.165) is 44.1 Å². The molecule has 0 heterocycles. The zero-order valence-corrected chi connectivity index (χ0v) is 22.4. The monoisotopic (exact) mass is 480 g/mol. The highest BCUT2D eigenvalue weighted by atomic mass is 16.6. The topological polar surface area (TPSA) is 55.8 Å². The lowest BCUT2D eigenvalue weighted by Crippen LogP contribution is -2.58. The molecule has 3 fully saturated rings. The van der Waals surface area contributed by atoms with E-state index in [2.05, 4.69) is 51.1 Å². The van der Waals surface area contributed by atoms with E-state index >= 15 is 0 Å². The average Bonchev–Trinajstić information content (AvgIpc) is 3.13. The fourth-order valence-electron chi connectivity index (χ4n) is 8.80. The Morgan fingerprint density at radius 1 is 1.03 bits per heavy atom. The molecule has 1 aromatic carbocycles. The van der Waals surface area contributed by atoms with Gasteiger partial charge in [0.05, 0.1) is 6.61 Å². The third-order valence-corrected chi connectivity index (χ3v) is 10.8. The maximum atomic E-state index is 12.9. The SMILES string of the molecule is CCOC1(C(C)=O)CCC2C3CC=C4CC(O)(OCc5ccc(C)cc5)CCC4(C)C3CCC21C. The van der Waals surface area contributed by atoms with Crippen molar-refractivity contribution in [3.05, 3.63) is 47.0 Å². The van der Waals surface area contributed by atoms with E-state index in [1.54, 1.807) is 6.92 Å². The van der Waals surface area contributed by atoms with Gasteiger partial charge >= 0.3 is 0 Å². The highest BCUT2D eigenvalue weighted by molar-refractivity contribution is 5.86. The molecule has 1 N–H and O–H groups in total. The fourth-order valence-corrected chi connectivity index (χ4v) is 8.80. The molecule has 0 aromatic heterocycles. The Morgan fingerprint density at radius 2 is 1.74 bits per heavy atom. The van der Waals surface area contributed by atoms with E-state index in [0.29, 0.717) is 43.8 Å². The number of carbonyl (C=O) groups is 1. The molecule has 0 amide bonds. The van der Waals surface area contributed by atoms with Gasteiger partial charge < -0.3 is 14.6 Å². The maximum Gasteiger partial charge on any atom is 0.169 e. The summed E-state index contributed by atoms with van der Waals surface area (Å²) in [7, 11) is 0. The Kier molecular flexibility index (Phi) is 6.34. The molecular weight excluding hydrogens is 436 g/mol. The minimum Gasteiger partial charge on any atom is -0.367 e. The van der Waals surface area contributed by atoms with Gasteiger partial charge in [-0.05, 0) is 88.0 Å². The van der Waals surface area contributed by atoms with Crippen molar-refractivity contribution in [1.29, 1.82) is 0 Å². The van der Waals surface area contributed by atoms with Gasteiger partial charge in [0.1, 0.15) is 5.60 Å². The first-order valence-electron chi connectivity index (χ1n) is 13.8. The minimum absolute atomic E-state index is 0.0791. The van der Waals surface area contributed by atoms with Crippen LogP contribution in [-0.4, -0.2) is 28.9 Å². The van der Waals surface area contributed by atoms with Gasteiger partial charge in [0, 0.05) is 24.9 Å². The average molecular weight is 481 g/mol. The third-order valence-electron chi connectivity index (χ3n) is 10.8. The minimum atomic E-state index is -1.08. The van der Waals surface area contributed by atoms with Gasteiger partial charge in [0.15, 0.2) is 11.6 Å². The Balaban J connectivity index is 1.35. The fraction of sp³-hybridized carbons (Fsp3) is 0.710. The predicted octanol–water partition coefficient (Wildman–Crippen LogP) is 6.53. The van der Waals surface area contributed by atoms with E-state index in [-0.39, 0.29) is 16.6 Å². The first kappa shape index (κ1) is 25.2. The number of allylic oxidation sites excluding steroid dienone is 1. The molecule has 4 nitrogen and oxygen atoms in total. The molecule has 7 atom stereocenters. The number of carbonyl (C=O) groups excluding carboxylic acids is 1. The molecule has 0 radical (unpaired) electrons. The van der Waals surface area contributed by atoms with Gasteiger partial charge in [-0.1, -0.05) is 55.3 Å². The molecule has 192 valence electrons. The molecule has 0 saturated heterocycles. The summed E-state index contributed by atoms with van der Waals surface area (Å²) in [6.45, 7) is 11.7. The van der Waals surface area contributed by atoms with Crippen molar-refractivity contribution in [2.75, 3.05) is 6.61 Å². The Morgan fingerprint density at radius 3 is 2.43 bits per heavy atom. The summed E-state index contributed by atoms with van der Waals surface area (Å²) in [6.07, 6.45) is 9.85. The quantitative estimate of drug-likeness (QED) is 0.372. The molecule has 0 aliphatic heterocycles. The highest BCUT2D eigenvalue weighted by Gasteiger charge is 2.66. The second kappa shape index (κ2) is 8.82. The van der Waals surface area contributed by atoms with Crippen LogP contribution in [0.2, 0.25) is 0 Å². The van der Waals surface area contributed by atoms with Crippen molar-refractivity contribution in [3.63, 3.8) is 0 Å². The van der Waals surface area contributed by atoms with E-state index in [1.165, 1.54) is 11.1 Å². The zero-order chi connectivity index (χ0) is 25.1. The van der Waals surface area contributed by atoms with Crippen LogP contribution in [0.25, 0.3) is 0 Å². The Labute approximate surface area is 211 Å². The third kappa shape index (κ3) is 3.86. The number of benzene rings is 1. The molecule has 4 heteroatoms. The summed E-state index contributed by atoms with van der Waals surface area (Å²) < 4.78 is 12.5. The first-order valence-corrected chi connectivity index (χ1v) is 13.8. The Hall–Kier alpha value is -1.49. The number of ether oxygens (including phenoxy) is 2. The van der Waals surface area contributed by atoms with Crippen molar-refractivity contribution in [2.24, 2.45) is 28.6 Å². The highest BCUT2D eigenvalue weighted by Crippen LogP contribution is 2.68. The molecule has 7 unspecified atom stereocenters. The van der Waals surface area contributed by atoms with Crippen LogP contribution in [0, 0.1) is 35.5 Å². The number of aryl methyl sites for hydroxylation is 1. The molecule has 4 aliphatic carbocycles. The predicted molar refractivity (Wildman–Crippen MR) is 138 cm³/mol. The lowest BCUT2D eigenvalue weighted by molar-refractivity contribution is -0.232. The lowest BCUT2D eigenvalue weighted by Gasteiger charge is -2.60. The number of rotatable bonds is 6. The van der Waals surface area contributed by atoms with Gasteiger partial charge in [-0.2, -0.15) is 0 Å². The van der Waals surface area contributed by atoms with Crippen molar-refractivity contribution < 1.29 is 19.4 Å². The van der Waals surface area contributed by atoms with Gasteiger partial charge in [-0.3, -0.25) is 4.79 Å². The van der Waals surface area contributed by atoms with Gasteiger partial charge in [0.25, 0.3) is 0 Å². The van der Waals surface area contributed by atoms with E-state index in [9.17, 15) is 9.90 Å². The molecule has 35 heavy (non-hydrogen) atoms. The molecule has 5 rings (SSSR count). The standard InChI is InChI=1S/C31H44O4/c1-6-34-31(22(3)32)16-14-27-25-12-11-24-19-30(33,35-20-23-9-7-21(2)8-10-23)18-17-28(24,4)26(25)13-15-29(27,31)5/h7-11,25-27,33H,6,12-20H2,1-5H3. The number of aliphatic hydroxyl groups is 1. The number of hydrogen-bond acceptors (Lipinski definition) is 4. The molecule has 1 aromatic rings. The van der Waals surface area contributed by atoms with Crippen LogP contribution in [0.15, 0.2) is 35.9 Å². The van der Waals surface area contributed by atoms with Crippen LogP contribution in [0.4, 0.5) is 0 Å². The van der Waals surface area contributed by atoms with Crippen molar-refractivity contribution in [3.8, 4) is 0 Å². The second-order valence-corrected chi connectivity index (χ2v) is 12.5. The molecule has 0 spiro atoms. The van der Waals surface area contributed by atoms with E-state index in [4.69, 9.17) is 9.47 Å². The van der Waals surface area contributed by atoms with Gasteiger partial charge in [0.2, 0.25) is 0 Å². The lowest BCUT2D eigenvalue weighted by atomic mass is 9.46. The largest absolute Gasteiger partial charge is 0.367 e. The second-order valence-electron chi connectivity index (χ2n) is 12.5. The Bertz CT molecular complexity index is 998. The van der Waals surface area contributed by atoms with E-state index < -0.39 is 11.4 Å². The van der Waals surface area contributed by atoms with Crippen LogP contribution < -0.4 is 0 Å². The maximum absolute atomic E-state index is 12.9. The first-order chi connectivity index (χ1) is 16.6. The van der Waals surface area contributed by atoms with Crippen LogP contribution in [0.3, 0.4) is 0 Å². The normalized spacial score (nSPS) is 42.6. The molecule has 4 aliphatic rings. The number of fused-ring (bicyclic) bond motifs is 5. The summed E-state index contributed by atoms with van der Waals surface area (Å²) >= 11 is 0. The smallest absolute Gasteiger partial charge is 0.169 e. The summed E-state index contributed by atoms with van der Waals surface area (Å²) in [6, 6.07) is 8.35. The number of hydrogen-bond donors (Lipinski definition) is 1. The van der Waals surface area contributed by atoms with E-state index in [1.807, 2.05) is 6.92 Å². The van der Waals surface area contributed by atoms with Gasteiger partial charge in [-0.25, -0.2) is 0 Å². The van der Waals surface area contributed by atoms with Gasteiger partial charge in [-0.15, -0.1) is 0 Å². The van der Waals surface area contributed by atoms with Crippen molar-refractivity contribution in [2.45, 2.75) is 104 Å². The molecule has 3 saturated carbocycles. The summed E-state index contributed by atoms with van der Waals surface area (Å²) in [4.78, 5) is 12.9. The summed E-state index contributed by atoms with van der Waals surface area (Å²) in [5, 5.41) is 11.4. The van der Waals surface area contributed by atoms with Crippen LogP contribution in [0.1, 0.15) is 90.2 Å². The zero-order valence-electron chi connectivity index (χ0n) is 22.4. The number of Topliss-reactive ketones (excluding diaryl/α,β-unsaturated/α-hetero) is 1. The van der Waals surface area contributed by atoms with Crippen molar-refractivity contribution in [1.82, 2.24) is 0 Å². The molecular formula is C31H44O4. The number of ketones is 1. The van der Waals surface area contributed by atoms with Crippen LogP contribution >= 0.6 is 0 Å². The summed E-state index contributed by atoms with van der Waals surface area (Å²) in [5.74, 6) is 0.841. The van der Waals surface area contributed by atoms with Crippen LogP contribution in [-0.2, 0) is 20.9 Å². The van der Waals surface area contributed by atoms with Crippen LogP contribution in [0.5, 0.6) is 0 Å². The summed E-state index contributed by atoms with van der Waals surface area (Å²) in [5.41, 5.74) is 3.14. The molecule has 0 bridgehead atoms. The van der Waals surface area contributed by atoms with Crippen molar-refractivity contribution >= 4 is 5.78 Å².